The van der Waals surface area contributed by atoms with Crippen LogP contribution >= 0.6 is 11.8 Å². The Balaban J connectivity index is 2.92. The number of hydrogen-bond acceptors (Lipinski definition) is 2. The van der Waals surface area contributed by atoms with Gasteiger partial charge >= 0.3 is 0 Å². The third-order valence-electron chi connectivity index (χ3n) is 1.72. The Morgan fingerprint density at radius 3 is 2.31 bits per heavy atom. The Morgan fingerprint density at radius 2 is 1.77 bits per heavy atom. The predicted molar refractivity (Wildman–Crippen MR) is 64.5 cm³/mol. The second-order valence-electron chi connectivity index (χ2n) is 4.28. The number of rotatable bonds is 8. The number of nitrogens with one attached hydrogen (secondary N) is 1. The van der Waals surface area contributed by atoms with Gasteiger partial charge in [-0.3, -0.25) is 0 Å². The molecule has 80 valence electrons. The summed E-state index contributed by atoms with van der Waals surface area (Å²) in [6.07, 6.45) is 2.68. The Hall–Kier alpha value is 0.310. The number of hydrogen-bond donors (Lipinski definition) is 1. The first kappa shape index (κ1) is 13.3. The van der Waals surface area contributed by atoms with E-state index in [-0.39, 0.29) is 0 Å². The standard InChI is InChI=1S/C11H25NS/c1-10(2)9-13-8-6-5-7-12-11(3)4/h10-12H,5-9H2,1-4H3. The third kappa shape index (κ3) is 12.3. The molecular formula is C11H25NS. The topological polar surface area (TPSA) is 12.0 Å². The molecule has 0 bridgehead atoms. The van der Waals surface area contributed by atoms with Gasteiger partial charge in [0.05, 0.1) is 0 Å². The third-order valence-corrected chi connectivity index (χ3v) is 3.20. The summed E-state index contributed by atoms with van der Waals surface area (Å²) < 4.78 is 0. The summed E-state index contributed by atoms with van der Waals surface area (Å²) in [6, 6.07) is 0.642. The van der Waals surface area contributed by atoms with Crippen molar-refractivity contribution >= 4 is 11.8 Å². The van der Waals surface area contributed by atoms with E-state index in [2.05, 4.69) is 44.8 Å². The summed E-state index contributed by atoms with van der Waals surface area (Å²) in [6.45, 7) is 10.2. The number of unbranched alkanes of at least 4 members (excludes halogenated alkanes) is 1. The molecule has 0 amide bonds. The van der Waals surface area contributed by atoms with E-state index < -0.39 is 0 Å². The molecular weight excluding hydrogens is 178 g/mol. The molecule has 0 atom stereocenters. The van der Waals surface area contributed by atoms with Crippen molar-refractivity contribution in [1.82, 2.24) is 5.32 Å². The molecule has 0 aliphatic rings. The van der Waals surface area contributed by atoms with Gasteiger partial charge in [0, 0.05) is 6.04 Å². The van der Waals surface area contributed by atoms with Crippen LogP contribution in [0, 0.1) is 5.92 Å². The predicted octanol–water partition coefficient (Wildman–Crippen LogP) is 3.15. The molecule has 0 aliphatic heterocycles. The SMILES string of the molecule is CC(C)CSCCCCNC(C)C. The van der Waals surface area contributed by atoms with E-state index >= 15 is 0 Å². The van der Waals surface area contributed by atoms with Crippen molar-refractivity contribution in [3.05, 3.63) is 0 Å². The summed E-state index contributed by atoms with van der Waals surface area (Å²) in [4.78, 5) is 0. The molecule has 0 saturated carbocycles. The monoisotopic (exact) mass is 203 g/mol. The minimum Gasteiger partial charge on any atom is -0.315 e. The van der Waals surface area contributed by atoms with Crippen LogP contribution in [-0.4, -0.2) is 24.1 Å². The summed E-state index contributed by atoms with van der Waals surface area (Å²) in [5.41, 5.74) is 0. The molecule has 0 heterocycles. The van der Waals surface area contributed by atoms with E-state index in [1.807, 2.05) is 0 Å². The summed E-state index contributed by atoms with van der Waals surface area (Å²) in [5, 5.41) is 3.44. The molecule has 13 heavy (non-hydrogen) atoms. The summed E-state index contributed by atoms with van der Waals surface area (Å²) in [7, 11) is 0. The molecule has 0 aromatic carbocycles. The minimum atomic E-state index is 0.642. The zero-order chi connectivity index (χ0) is 10.1. The number of thioether (sulfide) groups is 1. The highest BCUT2D eigenvalue weighted by molar-refractivity contribution is 7.99. The van der Waals surface area contributed by atoms with Gasteiger partial charge in [-0.15, -0.1) is 0 Å². The molecule has 0 saturated heterocycles. The normalized spacial score (nSPS) is 11.5. The van der Waals surface area contributed by atoms with Crippen LogP contribution in [0.1, 0.15) is 40.5 Å². The van der Waals surface area contributed by atoms with Crippen LogP contribution in [0.4, 0.5) is 0 Å². The molecule has 0 unspecified atom stereocenters. The molecule has 0 spiro atoms. The van der Waals surface area contributed by atoms with Crippen LogP contribution in [0.15, 0.2) is 0 Å². The van der Waals surface area contributed by atoms with E-state index in [0.29, 0.717) is 6.04 Å². The van der Waals surface area contributed by atoms with Crippen molar-refractivity contribution in [3.63, 3.8) is 0 Å². The highest BCUT2D eigenvalue weighted by Crippen LogP contribution is 2.09. The molecule has 0 aromatic heterocycles. The first-order chi connectivity index (χ1) is 6.13. The average Bonchev–Trinajstić information content (AvgIpc) is 2.01. The summed E-state index contributed by atoms with van der Waals surface area (Å²) in [5.74, 6) is 3.49. The van der Waals surface area contributed by atoms with Crippen LogP contribution in [0.5, 0.6) is 0 Å². The highest BCUT2D eigenvalue weighted by Gasteiger charge is 1.95. The van der Waals surface area contributed by atoms with Gasteiger partial charge in [-0.2, -0.15) is 11.8 Å². The zero-order valence-corrected chi connectivity index (χ0v) is 10.4. The first-order valence-electron chi connectivity index (χ1n) is 5.44. The second-order valence-corrected chi connectivity index (χ2v) is 5.43. The molecule has 0 rings (SSSR count). The maximum atomic E-state index is 3.44. The molecule has 0 radical (unpaired) electrons. The van der Waals surface area contributed by atoms with E-state index in [0.717, 1.165) is 5.92 Å². The van der Waals surface area contributed by atoms with E-state index in [4.69, 9.17) is 0 Å². The van der Waals surface area contributed by atoms with Gasteiger partial charge in [0.15, 0.2) is 0 Å². The maximum Gasteiger partial charge on any atom is 0.00103 e. The Labute approximate surface area is 88.1 Å². The van der Waals surface area contributed by atoms with Gasteiger partial charge in [-0.05, 0) is 36.8 Å². The molecule has 0 aliphatic carbocycles. The van der Waals surface area contributed by atoms with E-state index in [1.165, 1.54) is 30.9 Å². The van der Waals surface area contributed by atoms with Crippen molar-refractivity contribution in [2.45, 2.75) is 46.6 Å². The van der Waals surface area contributed by atoms with E-state index in [9.17, 15) is 0 Å². The lowest BCUT2D eigenvalue weighted by molar-refractivity contribution is 0.567. The largest absolute Gasteiger partial charge is 0.315 e. The molecule has 1 nitrogen and oxygen atoms in total. The van der Waals surface area contributed by atoms with Crippen LogP contribution in [0.25, 0.3) is 0 Å². The fourth-order valence-electron chi connectivity index (χ4n) is 1.04. The van der Waals surface area contributed by atoms with Crippen LogP contribution in [-0.2, 0) is 0 Å². The minimum absolute atomic E-state index is 0.642. The molecule has 2 heteroatoms. The lowest BCUT2D eigenvalue weighted by atomic mass is 10.3. The summed E-state index contributed by atoms with van der Waals surface area (Å²) >= 11 is 2.09. The van der Waals surface area contributed by atoms with Crippen molar-refractivity contribution in [2.75, 3.05) is 18.1 Å². The van der Waals surface area contributed by atoms with Crippen molar-refractivity contribution in [1.29, 1.82) is 0 Å². The molecule has 1 N–H and O–H groups in total. The van der Waals surface area contributed by atoms with E-state index in [1.54, 1.807) is 0 Å². The maximum absolute atomic E-state index is 3.44. The van der Waals surface area contributed by atoms with Gasteiger partial charge in [0.25, 0.3) is 0 Å². The van der Waals surface area contributed by atoms with Crippen molar-refractivity contribution in [2.24, 2.45) is 5.92 Å². The Kier molecular flexibility index (Phi) is 9.10. The lowest BCUT2D eigenvalue weighted by Gasteiger charge is -2.07. The molecule has 0 aromatic rings. The fourth-order valence-corrected chi connectivity index (χ4v) is 2.09. The fraction of sp³-hybridized carbons (Fsp3) is 1.00. The zero-order valence-electron chi connectivity index (χ0n) is 9.60. The van der Waals surface area contributed by atoms with Gasteiger partial charge in [-0.25, -0.2) is 0 Å². The first-order valence-corrected chi connectivity index (χ1v) is 6.59. The van der Waals surface area contributed by atoms with Gasteiger partial charge in [0.1, 0.15) is 0 Å². The van der Waals surface area contributed by atoms with Gasteiger partial charge < -0.3 is 5.32 Å². The Bertz CT molecular complexity index is 90.3. The smallest absolute Gasteiger partial charge is 0.00103 e. The van der Waals surface area contributed by atoms with Gasteiger partial charge in [-0.1, -0.05) is 27.7 Å². The highest BCUT2D eigenvalue weighted by atomic mass is 32.2. The van der Waals surface area contributed by atoms with Crippen molar-refractivity contribution < 1.29 is 0 Å². The van der Waals surface area contributed by atoms with Crippen LogP contribution in [0.2, 0.25) is 0 Å². The lowest BCUT2D eigenvalue weighted by Crippen LogP contribution is -2.23. The second kappa shape index (κ2) is 8.89. The quantitative estimate of drug-likeness (QED) is 0.608. The molecule has 0 fully saturated rings. The van der Waals surface area contributed by atoms with Crippen LogP contribution < -0.4 is 5.32 Å². The van der Waals surface area contributed by atoms with Gasteiger partial charge in [0.2, 0.25) is 0 Å². The van der Waals surface area contributed by atoms with Crippen LogP contribution in [0.3, 0.4) is 0 Å². The Morgan fingerprint density at radius 1 is 1.08 bits per heavy atom. The van der Waals surface area contributed by atoms with Crippen molar-refractivity contribution in [3.8, 4) is 0 Å². The average molecular weight is 203 g/mol.